The van der Waals surface area contributed by atoms with E-state index in [0.717, 1.165) is 5.56 Å². The first-order valence-electron chi connectivity index (χ1n) is 11.0. The molecule has 1 saturated heterocycles. The normalized spacial score (nSPS) is 15.1. The molecule has 10 nitrogen and oxygen atoms in total. The molecule has 0 unspecified atom stereocenters. The first-order chi connectivity index (χ1) is 17.0. The van der Waals surface area contributed by atoms with E-state index < -0.39 is 12.0 Å². The lowest BCUT2D eigenvalue weighted by molar-refractivity contribution is -0.0830. The first kappa shape index (κ1) is 22.2. The van der Waals surface area contributed by atoms with Crippen LogP contribution in [0.3, 0.4) is 0 Å². The number of carbonyl (C=O) groups excluding carboxylic acids is 1. The molecule has 3 N–H and O–H groups in total. The van der Waals surface area contributed by atoms with Crippen molar-refractivity contribution >= 4 is 28.6 Å². The molecule has 2 amide bonds. The number of benzene rings is 1. The molecule has 0 spiro atoms. The molecule has 1 aliphatic rings. The second-order valence-corrected chi connectivity index (χ2v) is 7.74. The molecule has 1 atom stereocenters. The van der Waals surface area contributed by atoms with Crippen LogP contribution in [0.25, 0.3) is 11.0 Å². The summed E-state index contributed by atoms with van der Waals surface area (Å²) < 4.78 is 16.1. The topological polar surface area (TPSA) is 124 Å². The fraction of sp³-hybridized carbons (Fsp3) is 0.208. The third-order valence-electron chi connectivity index (χ3n) is 5.55. The van der Waals surface area contributed by atoms with Crippen molar-refractivity contribution in [2.24, 2.45) is 0 Å². The second kappa shape index (κ2) is 9.36. The fourth-order valence-electron chi connectivity index (χ4n) is 3.89. The number of nitrogens with two attached hydrogens (primary N) is 1. The van der Waals surface area contributed by atoms with Gasteiger partial charge in [-0.1, -0.05) is 36.3 Å². The quantitative estimate of drug-likeness (QED) is 0.346. The number of amides is 2. The lowest BCUT2D eigenvalue weighted by Crippen LogP contribution is -2.33. The maximum absolute atomic E-state index is 14.4. The predicted octanol–water partition coefficient (Wildman–Crippen LogP) is 3.27. The average Bonchev–Trinajstić information content (AvgIpc) is 3.51. The number of nitrogens with one attached hydrogen (secondary N) is 1. The Labute approximate surface area is 199 Å². The van der Waals surface area contributed by atoms with Crippen molar-refractivity contribution in [3.05, 3.63) is 71.7 Å². The van der Waals surface area contributed by atoms with Gasteiger partial charge in [-0.3, -0.25) is 4.84 Å². The highest BCUT2D eigenvalue weighted by molar-refractivity contribution is 5.91. The number of pyridine rings is 1. The molecule has 1 fully saturated rings. The lowest BCUT2D eigenvalue weighted by atomic mass is 10.1. The van der Waals surface area contributed by atoms with Gasteiger partial charge in [0.2, 0.25) is 5.95 Å². The molecule has 0 radical (unpaired) electrons. The minimum absolute atomic E-state index is 0.115. The molecular formula is C24H21FN8O2. The van der Waals surface area contributed by atoms with Crippen LogP contribution >= 0.6 is 0 Å². The molecule has 0 bridgehead atoms. The highest BCUT2D eigenvalue weighted by Crippen LogP contribution is 2.31. The van der Waals surface area contributed by atoms with E-state index in [4.69, 9.17) is 10.6 Å². The van der Waals surface area contributed by atoms with Crippen LogP contribution in [-0.2, 0) is 11.4 Å². The van der Waals surface area contributed by atoms with E-state index in [1.165, 1.54) is 23.7 Å². The van der Waals surface area contributed by atoms with Gasteiger partial charge in [0.05, 0.1) is 23.7 Å². The van der Waals surface area contributed by atoms with Crippen molar-refractivity contribution in [1.82, 2.24) is 29.8 Å². The summed E-state index contributed by atoms with van der Waals surface area (Å²) in [5, 5.41) is 8.74. The lowest BCUT2D eigenvalue weighted by Gasteiger charge is -2.23. The number of aryl methyl sites for hydroxylation is 1. The summed E-state index contributed by atoms with van der Waals surface area (Å²) in [6.45, 7) is 2.88. The Morgan fingerprint density at radius 2 is 2.09 bits per heavy atom. The van der Waals surface area contributed by atoms with Crippen LogP contribution in [0.5, 0.6) is 0 Å². The molecule has 0 aliphatic carbocycles. The number of nitrogens with zero attached hydrogens (tertiary/aromatic N) is 6. The summed E-state index contributed by atoms with van der Waals surface area (Å²) in [4.78, 5) is 30.4. The Bertz CT molecular complexity index is 1460. The largest absolute Gasteiger partial charge is 0.383 e. The highest BCUT2D eigenvalue weighted by Gasteiger charge is 2.32. The Hall–Kier alpha value is -4.56. The molecular weight excluding hydrogens is 451 g/mol. The summed E-state index contributed by atoms with van der Waals surface area (Å²) in [7, 11) is 0. The second-order valence-electron chi connectivity index (χ2n) is 7.74. The average molecular weight is 472 g/mol. The van der Waals surface area contributed by atoms with Gasteiger partial charge in [-0.25, -0.2) is 24.4 Å². The van der Waals surface area contributed by atoms with E-state index in [1.807, 2.05) is 37.3 Å². The number of fused-ring (bicyclic) bond motifs is 1. The number of carbonyl (C=O) groups is 1. The van der Waals surface area contributed by atoms with Crippen molar-refractivity contribution in [3.63, 3.8) is 0 Å². The third-order valence-corrected chi connectivity index (χ3v) is 5.55. The molecule has 176 valence electrons. The summed E-state index contributed by atoms with van der Waals surface area (Å²) >= 11 is 0. The SMILES string of the molecule is CCn1nc(C#Cc2cnc(F)c(NC(=O)N3OCC[C@@H]3c3ccccc3)c2)c2c(N)ncnc21. The van der Waals surface area contributed by atoms with Gasteiger partial charge < -0.3 is 11.1 Å². The van der Waals surface area contributed by atoms with Crippen molar-refractivity contribution in [1.29, 1.82) is 0 Å². The van der Waals surface area contributed by atoms with E-state index >= 15 is 0 Å². The van der Waals surface area contributed by atoms with Gasteiger partial charge in [0.1, 0.15) is 17.8 Å². The van der Waals surface area contributed by atoms with Crippen molar-refractivity contribution < 1.29 is 14.0 Å². The monoisotopic (exact) mass is 472 g/mol. The van der Waals surface area contributed by atoms with E-state index in [1.54, 1.807) is 4.68 Å². The minimum atomic E-state index is -0.835. The van der Waals surface area contributed by atoms with Crippen LogP contribution in [0, 0.1) is 17.8 Å². The Balaban J connectivity index is 1.40. The minimum Gasteiger partial charge on any atom is -0.383 e. The molecule has 3 aromatic heterocycles. The highest BCUT2D eigenvalue weighted by atomic mass is 19.1. The standard InChI is InChI=1S/C24H21FN8O2/c1-2-32-23-20(22(26)28-14-29-23)17(31-32)9-8-15-12-18(21(25)27-13-15)30-24(34)33-19(10-11-35-33)16-6-4-3-5-7-16/h3-7,12-14,19H,2,10-11H2,1H3,(H,30,34)(H2,26,28,29)/t19-/m1/s1. The Morgan fingerprint density at radius 3 is 2.89 bits per heavy atom. The van der Waals surface area contributed by atoms with Crippen LogP contribution in [0.15, 0.2) is 48.9 Å². The first-order valence-corrected chi connectivity index (χ1v) is 11.0. The van der Waals surface area contributed by atoms with Crippen LogP contribution in [0.2, 0.25) is 0 Å². The maximum Gasteiger partial charge on any atom is 0.346 e. The van der Waals surface area contributed by atoms with Gasteiger partial charge in [-0.05, 0) is 24.5 Å². The molecule has 0 saturated carbocycles. The van der Waals surface area contributed by atoms with E-state index in [9.17, 15) is 9.18 Å². The van der Waals surface area contributed by atoms with Crippen molar-refractivity contribution in [2.45, 2.75) is 25.9 Å². The van der Waals surface area contributed by atoms with Crippen LogP contribution in [0.4, 0.5) is 20.7 Å². The number of aromatic nitrogens is 5. The van der Waals surface area contributed by atoms with E-state index in [-0.39, 0.29) is 17.5 Å². The zero-order chi connectivity index (χ0) is 24.4. The number of hydrogen-bond acceptors (Lipinski definition) is 7. The van der Waals surface area contributed by atoms with Crippen molar-refractivity contribution in [2.75, 3.05) is 17.7 Å². The zero-order valence-electron chi connectivity index (χ0n) is 18.8. The fourth-order valence-corrected chi connectivity index (χ4v) is 3.89. The van der Waals surface area contributed by atoms with Crippen LogP contribution in [-0.4, -0.2) is 42.4 Å². The Morgan fingerprint density at radius 1 is 1.26 bits per heavy atom. The number of nitrogen functional groups attached to an aromatic ring is 1. The predicted molar refractivity (Wildman–Crippen MR) is 126 cm³/mol. The van der Waals surface area contributed by atoms with Gasteiger partial charge in [0.25, 0.3) is 0 Å². The van der Waals surface area contributed by atoms with Gasteiger partial charge in [-0.15, -0.1) is 0 Å². The summed E-state index contributed by atoms with van der Waals surface area (Å²) in [6, 6.07) is 10.0. The molecule has 1 aromatic carbocycles. The smallest absolute Gasteiger partial charge is 0.346 e. The third kappa shape index (κ3) is 4.34. The van der Waals surface area contributed by atoms with Gasteiger partial charge in [0, 0.05) is 24.7 Å². The molecule has 1 aliphatic heterocycles. The number of anilines is 2. The van der Waals surface area contributed by atoms with Crippen molar-refractivity contribution in [3.8, 4) is 11.8 Å². The Kier molecular flexibility index (Phi) is 5.95. The zero-order valence-corrected chi connectivity index (χ0v) is 18.8. The van der Waals surface area contributed by atoms with Crippen LogP contribution < -0.4 is 11.1 Å². The number of rotatable bonds is 3. The molecule has 11 heteroatoms. The summed E-state index contributed by atoms with van der Waals surface area (Å²) in [5.74, 6) is 5.26. The molecule has 5 rings (SSSR count). The molecule has 35 heavy (non-hydrogen) atoms. The summed E-state index contributed by atoms with van der Waals surface area (Å²) in [6.07, 6.45) is 3.28. The van der Waals surface area contributed by atoms with E-state index in [2.05, 4.69) is 37.2 Å². The van der Waals surface area contributed by atoms with E-state index in [0.29, 0.717) is 41.9 Å². The van der Waals surface area contributed by atoms with Crippen LogP contribution in [0.1, 0.15) is 36.2 Å². The maximum atomic E-state index is 14.4. The number of urea groups is 1. The van der Waals surface area contributed by atoms with Gasteiger partial charge in [-0.2, -0.15) is 14.6 Å². The summed E-state index contributed by atoms with van der Waals surface area (Å²) in [5.41, 5.74) is 8.17. The van der Waals surface area contributed by atoms with Gasteiger partial charge >= 0.3 is 6.03 Å². The number of hydroxylamine groups is 2. The number of halogens is 1. The molecule has 4 aromatic rings. The molecule has 4 heterocycles. The number of hydrogen-bond donors (Lipinski definition) is 2. The van der Waals surface area contributed by atoms with Gasteiger partial charge in [0.15, 0.2) is 5.65 Å².